The molecule has 0 heterocycles. The summed E-state index contributed by atoms with van der Waals surface area (Å²) in [7, 11) is 0. The molecule has 0 unspecified atom stereocenters. The zero-order valence-corrected chi connectivity index (χ0v) is 12.9. The molecular formula is C14H32N2O2. The molecule has 0 aliphatic rings. The van der Waals surface area contributed by atoms with Crippen molar-refractivity contribution in [1.29, 1.82) is 0 Å². The van der Waals surface area contributed by atoms with Gasteiger partial charge in [-0.3, -0.25) is 0 Å². The van der Waals surface area contributed by atoms with Crippen LogP contribution in [-0.4, -0.2) is 63.0 Å². The molecule has 110 valence electrons. The van der Waals surface area contributed by atoms with Crippen LogP contribution in [0, 0.1) is 0 Å². The van der Waals surface area contributed by atoms with Gasteiger partial charge in [-0.15, -0.1) is 0 Å². The molecule has 0 amide bonds. The van der Waals surface area contributed by atoms with E-state index < -0.39 is 0 Å². The Labute approximate surface area is 113 Å². The summed E-state index contributed by atoms with van der Waals surface area (Å²) in [4.78, 5) is 2.36. The third kappa shape index (κ3) is 12.3. The highest BCUT2D eigenvalue weighted by molar-refractivity contribution is 4.69. The van der Waals surface area contributed by atoms with Crippen LogP contribution in [0.2, 0.25) is 0 Å². The third-order valence-electron chi connectivity index (χ3n) is 2.72. The average Bonchev–Trinajstić information content (AvgIpc) is 2.30. The summed E-state index contributed by atoms with van der Waals surface area (Å²) in [6, 6.07) is 0. The lowest BCUT2D eigenvalue weighted by atomic mass is 10.1. The third-order valence-corrected chi connectivity index (χ3v) is 2.72. The lowest BCUT2D eigenvalue weighted by Crippen LogP contribution is -2.38. The molecule has 0 bridgehead atoms. The average molecular weight is 260 g/mol. The number of ether oxygens (including phenoxy) is 2. The fourth-order valence-corrected chi connectivity index (χ4v) is 1.55. The van der Waals surface area contributed by atoms with Crippen molar-refractivity contribution < 1.29 is 9.47 Å². The first-order chi connectivity index (χ1) is 8.49. The summed E-state index contributed by atoms with van der Waals surface area (Å²) in [6.07, 6.45) is 0. The Balaban J connectivity index is 3.17. The van der Waals surface area contributed by atoms with E-state index in [4.69, 9.17) is 9.47 Å². The van der Waals surface area contributed by atoms with E-state index in [9.17, 15) is 0 Å². The molecule has 0 aromatic carbocycles. The van der Waals surface area contributed by atoms with Crippen molar-refractivity contribution >= 4 is 0 Å². The monoisotopic (exact) mass is 260 g/mol. The maximum absolute atomic E-state index is 5.53. The van der Waals surface area contributed by atoms with Crippen LogP contribution in [0.25, 0.3) is 0 Å². The first-order valence-electron chi connectivity index (χ1n) is 7.12. The van der Waals surface area contributed by atoms with Crippen LogP contribution >= 0.6 is 0 Å². The molecule has 0 rings (SSSR count). The zero-order chi connectivity index (χ0) is 13.9. The fraction of sp³-hybridized carbons (Fsp3) is 1.00. The number of hydrogen-bond acceptors (Lipinski definition) is 4. The molecule has 0 radical (unpaired) electrons. The van der Waals surface area contributed by atoms with Crippen molar-refractivity contribution in [2.75, 3.05) is 52.6 Å². The molecule has 4 nitrogen and oxygen atoms in total. The Morgan fingerprint density at radius 3 is 1.94 bits per heavy atom. The Kier molecular flexibility index (Phi) is 10.6. The van der Waals surface area contributed by atoms with Crippen molar-refractivity contribution in [2.45, 2.75) is 40.2 Å². The van der Waals surface area contributed by atoms with Gasteiger partial charge in [-0.25, -0.2) is 0 Å². The summed E-state index contributed by atoms with van der Waals surface area (Å²) in [5.74, 6) is 0. The van der Waals surface area contributed by atoms with E-state index in [2.05, 4.69) is 44.8 Å². The van der Waals surface area contributed by atoms with Crippen LogP contribution in [-0.2, 0) is 9.47 Å². The highest BCUT2D eigenvalue weighted by Crippen LogP contribution is 1.96. The number of nitrogens with zero attached hydrogens (tertiary/aromatic N) is 1. The van der Waals surface area contributed by atoms with Gasteiger partial charge in [-0.05, 0) is 33.9 Å². The van der Waals surface area contributed by atoms with E-state index >= 15 is 0 Å². The quantitative estimate of drug-likeness (QED) is 0.574. The van der Waals surface area contributed by atoms with Crippen LogP contribution in [0.1, 0.15) is 34.6 Å². The molecule has 0 saturated heterocycles. The summed E-state index contributed by atoms with van der Waals surface area (Å²) >= 11 is 0. The number of nitrogens with one attached hydrogen (secondary N) is 1. The molecule has 4 heteroatoms. The van der Waals surface area contributed by atoms with Gasteiger partial charge in [0.05, 0.1) is 26.4 Å². The van der Waals surface area contributed by atoms with Crippen molar-refractivity contribution in [3.8, 4) is 0 Å². The molecule has 1 N–H and O–H groups in total. The Morgan fingerprint density at radius 1 is 0.889 bits per heavy atom. The molecule has 0 spiro atoms. The number of rotatable bonds is 11. The van der Waals surface area contributed by atoms with Crippen LogP contribution < -0.4 is 5.32 Å². The Bertz CT molecular complexity index is 177. The Morgan fingerprint density at radius 2 is 1.44 bits per heavy atom. The highest BCUT2D eigenvalue weighted by atomic mass is 16.5. The summed E-state index contributed by atoms with van der Waals surface area (Å²) in [5, 5.41) is 3.38. The maximum Gasteiger partial charge on any atom is 0.0701 e. The van der Waals surface area contributed by atoms with Crippen molar-refractivity contribution in [1.82, 2.24) is 10.2 Å². The highest BCUT2D eigenvalue weighted by Gasteiger charge is 2.06. The van der Waals surface area contributed by atoms with Crippen molar-refractivity contribution in [2.24, 2.45) is 0 Å². The minimum absolute atomic E-state index is 0.170. The van der Waals surface area contributed by atoms with Gasteiger partial charge in [0.2, 0.25) is 0 Å². The number of hydrogen-bond donors (Lipinski definition) is 1. The van der Waals surface area contributed by atoms with Crippen LogP contribution in [0.4, 0.5) is 0 Å². The lowest BCUT2D eigenvalue weighted by molar-refractivity contribution is 0.0394. The van der Waals surface area contributed by atoms with Gasteiger partial charge in [0.15, 0.2) is 0 Å². The van der Waals surface area contributed by atoms with Crippen molar-refractivity contribution in [3.63, 3.8) is 0 Å². The van der Waals surface area contributed by atoms with Gasteiger partial charge in [-0.1, -0.05) is 13.8 Å². The van der Waals surface area contributed by atoms with Gasteiger partial charge >= 0.3 is 0 Å². The first-order valence-corrected chi connectivity index (χ1v) is 7.12. The van der Waals surface area contributed by atoms with E-state index in [1.54, 1.807) is 0 Å². The van der Waals surface area contributed by atoms with E-state index in [0.29, 0.717) is 13.2 Å². The molecule has 0 aromatic heterocycles. The molecule has 0 aromatic rings. The standard InChI is InChI=1S/C14H32N2O2/c1-6-16(7-2)9-11-18-13-12-17-10-8-15-14(3,4)5/h15H,6-13H2,1-5H3. The maximum atomic E-state index is 5.53. The predicted molar refractivity (Wildman–Crippen MR) is 77.2 cm³/mol. The predicted octanol–water partition coefficient (Wildman–Crippen LogP) is 1.75. The molecule has 0 saturated carbocycles. The van der Waals surface area contributed by atoms with E-state index in [0.717, 1.165) is 39.4 Å². The number of likely N-dealkylation sites (N-methyl/N-ethyl adjacent to an activating group) is 1. The summed E-state index contributed by atoms with van der Waals surface area (Å²) in [5.41, 5.74) is 0.170. The summed E-state index contributed by atoms with van der Waals surface area (Å²) < 4.78 is 11.0. The van der Waals surface area contributed by atoms with Crippen LogP contribution in [0.5, 0.6) is 0 Å². The topological polar surface area (TPSA) is 33.7 Å². The van der Waals surface area contributed by atoms with Gasteiger partial charge in [0, 0.05) is 18.6 Å². The summed E-state index contributed by atoms with van der Waals surface area (Å²) in [6.45, 7) is 17.8. The molecule has 0 atom stereocenters. The lowest BCUT2D eigenvalue weighted by Gasteiger charge is -2.20. The minimum Gasteiger partial charge on any atom is -0.378 e. The van der Waals surface area contributed by atoms with Crippen LogP contribution in [0.15, 0.2) is 0 Å². The molecule has 0 aliphatic heterocycles. The first kappa shape index (κ1) is 17.8. The second kappa shape index (κ2) is 10.7. The van der Waals surface area contributed by atoms with E-state index in [-0.39, 0.29) is 5.54 Å². The second-order valence-corrected chi connectivity index (χ2v) is 5.43. The SMILES string of the molecule is CCN(CC)CCOCCOCCNC(C)(C)C. The van der Waals surface area contributed by atoms with Crippen LogP contribution in [0.3, 0.4) is 0 Å². The van der Waals surface area contributed by atoms with Crippen molar-refractivity contribution in [3.05, 3.63) is 0 Å². The molecule has 0 fully saturated rings. The molecule has 18 heavy (non-hydrogen) atoms. The van der Waals surface area contributed by atoms with E-state index in [1.165, 1.54) is 0 Å². The Hall–Kier alpha value is -0.160. The largest absolute Gasteiger partial charge is 0.378 e. The second-order valence-electron chi connectivity index (χ2n) is 5.43. The van der Waals surface area contributed by atoms with E-state index in [1.807, 2.05) is 0 Å². The molecule has 0 aliphatic carbocycles. The molecular weight excluding hydrogens is 228 g/mol. The smallest absolute Gasteiger partial charge is 0.0701 e. The normalized spacial score (nSPS) is 12.3. The minimum atomic E-state index is 0.170. The fourth-order valence-electron chi connectivity index (χ4n) is 1.55. The van der Waals surface area contributed by atoms with Gasteiger partial charge in [-0.2, -0.15) is 0 Å². The van der Waals surface area contributed by atoms with Gasteiger partial charge in [0.25, 0.3) is 0 Å². The van der Waals surface area contributed by atoms with Gasteiger partial charge < -0.3 is 19.7 Å². The van der Waals surface area contributed by atoms with Gasteiger partial charge in [0.1, 0.15) is 0 Å². The zero-order valence-electron chi connectivity index (χ0n) is 12.9.